The molecule has 5 heterocycles. The number of imidazole rings is 1. The number of aliphatic hydroxyl groups excluding tert-OH is 1. The van der Waals surface area contributed by atoms with E-state index in [0.29, 0.717) is 60.0 Å². The molecule has 48 heavy (non-hydrogen) atoms. The molecule has 13 heteroatoms. The van der Waals surface area contributed by atoms with Crippen molar-refractivity contribution in [3.8, 4) is 11.4 Å². The molecule has 0 radical (unpaired) electrons. The third-order valence-corrected chi connectivity index (χ3v) is 10.1. The maximum atomic E-state index is 13.1. The van der Waals surface area contributed by atoms with Crippen LogP contribution in [0.15, 0.2) is 53.5 Å². The van der Waals surface area contributed by atoms with Crippen LogP contribution in [0.5, 0.6) is 0 Å². The molecule has 0 unspecified atom stereocenters. The number of carbonyl (C=O) groups excluding carboxylic acids is 1. The highest BCUT2D eigenvalue weighted by Gasteiger charge is 2.31. The van der Waals surface area contributed by atoms with Crippen molar-refractivity contribution in [2.45, 2.75) is 31.9 Å². The number of nitrogens with one attached hydrogen (secondary N) is 3. The summed E-state index contributed by atoms with van der Waals surface area (Å²) < 4.78 is 5.40. The SMILES string of the molecule is Cc1cc(N2CCC(N3CCN(C(=O)N4CCOCC4)CC3)CC2)cc2[nH]c(-c3c(NC[C@@H](O)c4cccc(Cl)c4)cc[nH]c3=O)nc12. The summed E-state index contributed by atoms with van der Waals surface area (Å²) >= 11 is 6.11. The fourth-order valence-corrected chi connectivity index (χ4v) is 7.39. The van der Waals surface area contributed by atoms with Gasteiger partial charge in [0.25, 0.3) is 5.56 Å². The number of fused-ring (bicyclic) bond motifs is 1. The normalized spacial score (nSPS) is 18.8. The van der Waals surface area contributed by atoms with Crippen molar-refractivity contribution in [3.05, 3.63) is 75.2 Å². The van der Waals surface area contributed by atoms with E-state index in [9.17, 15) is 14.7 Å². The fourth-order valence-electron chi connectivity index (χ4n) is 7.19. The van der Waals surface area contributed by atoms with E-state index in [-0.39, 0.29) is 18.1 Å². The van der Waals surface area contributed by atoms with E-state index in [4.69, 9.17) is 21.3 Å². The molecule has 254 valence electrons. The Labute approximate surface area is 284 Å². The van der Waals surface area contributed by atoms with E-state index in [0.717, 1.165) is 74.4 Å². The number of aryl methyl sites for hydroxylation is 1. The van der Waals surface area contributed by atoms with Gasteiger partial charge in [0, 0.05) is 81.9 Å². The lowest BCUT2D eigenvalue weighted by molar-refractivity contribution is 0.0335. The number of carbonyl (C=O) groups is 1. The molecule has 3 aliphatic heterocycles. The van der Waals surface area contributed by atoms with Crippen LogP contribution in [0.4, 0.5) is 16.2 Å². The number of aliphatic hydroxyl groups is 1. The summed E-state index contributed by atoms with van der Waals surface area (Å²) in [5, 5.41) is 14.5. The summed E-state index contributed by atoms with van der Waals surface area (Å²) in [6.07, 6.45) is 2.91. The Morgan fingerprint density at radius 3 is 2.54 bits per heavy atom. The minimum Gasteiger partial charge on any atom is -0.387 e. The molecular weight excluding hydrogens is 632 g/mol. The van der Waals surface area contributed by atoms with Crippen molar-refractivity contribution >= 4 is 40.0 Å². The first-order valence-electron chi connectivity index (χ1n) is 16.8. The minimum absolute atomic E-state index is 0.150. The number of rotatable bonds is 7. The lowest BCUT2D eigenvalue weighted by Gasteiger charge is -2.44. The predicted molar refractivity (Wildman–Crippen MR) is 188 cm³/mol. The van der Waals surface area contributed by atoms with Crippen molar-refractivity contribution in [1.82, 2.24) is 29.7 Å². The number of amides is 2. The van der Waals surface area contributed by atoms with Crippen LogP contribution < -0.4 is 15.8 Å². The smallest absolute Gasteiger partial charge is 0.320 e. The molecule has 2 amide bonds. The van der Waals surface area contributed by atoms with Gasteiger partial charge in [-0.3, -0.25) is 9.69 Å². The quantitative estimate of drug-likeness (QED) is 0.231. The summed E-state index contributed by atoms with van der Waals surface area (Å²) in [4.78, 5) is 45.9. The summed E-state index contributed by atoms with van der Waals surface area (Å²) in [5.74, 6) is 0.469. The first kappa shape index (κ1) is 32.4. The highest BCUT2D eigenvalue weighted by atomic mass is 35.5. The van der Waals surface area contributed by atoms with Gasteiger partial charge in [-0.25, -0.2) is 9.78 Å². The molecule has 3 saturated heterocycles. The molecule has 0 bridgehead atoms. The van der Waals surface area contributed by atoms with Gasteiger partial charge in [-0.2, -0.15) is 0 Å². The number of benzene rings is 2. The number of urea groups is 1. The van der Waals surface area contributed by atoms with Crippen LogP contribution in [-0.4, -0.2) is 119 Å². The summed E-state index contributed by atoms with van der Waals surface area (Å²) in [6.45, 7) is 10.1. The molecule has 0 aliphatic carbocycles. The van der Waals surface area contributed by atoms with Gasteiger partial charge in [-0.1, -0.05) is 23.7 Å². The summed E-state index contributed by atoms with van der Waals surface area (Å²) in [5.41, 5.74) is 5.24. The third kappa shape index (κ3) is 6.88. The molecule has 2 aromatic carbocycles. The highest BCUT2D eigenvalue weighted by molar-refractivity contribution is 6.30. The molecule has 12 nitrogen and oxygen atoms in total. The van der Waals surface area contributed by atoms with E-state index in [1.54, 1.807) is 30.5 Å². The predicted octanol–water partition coefficient (Wildman–Crippen LogP) is 4.06. The van der Waals surface area contributed by atoms with Gasteiger partial charge < -0.3 is 39.8 Å². The number of piperidine rings is 1. The number of morpholine rings is 1. The number of nitrogens with zero attached hydrogens (tertiary/aromatic N) is 5. The van der Waals surface area contributed by atoms with Crippen LogP contribution in [-0.2, 0) is 4.74 Å². The monoisotopic (exact) mass is 674 g/mol. The van der Waals surface area contributed by atoms with E-state index in [1.807, 2.05) is 15.9 Å². The second kappa shape index (κ2) is 14.2. The largest absolute Gasteiger partial charge is 0.387 e. The molecular formula is C35H43ClN8O4. The lowest BCUT2D eigenvalue weighted by atomic mass is 10.0. The van der Waals surface area contributed by atoms with Crippen LogP contribution in [0.2, 0.25) is 5.02 Å². The van der Waals surface area contributed by atoms with Gasteiger partial charge in [-0.15, -0.1) is 0 Å². The number of pyridine rings is 1. The molecule has 3 aliphatic rings. The van der Waals surface area contributed by atoms with Crippen molar-refractivity contribution in [3.63, 3.8) is 0 Å². The molecule has 3 fully saturated rings. The van der Waals surface area contributed by atoms with Gasteiger partial charge in [0.05, 0.1) is 36.0 Å². The van der Waals surface area contributed by atoms with Crippen LogP contribution >= 0.6 is 11.6 Å². The van der Waals surface area contributed by atoms with Crippen molar-refractivity contribution < 1.29 is 14.6 Å². The molecule has 2 aromatic heterocycles. The van der Waals surface area contributed by atoms with Gasteiger partial charge in [0.2, 0.25) is 0 Å². The van der Waals surface area contributed by atoms with E-state index >= 15 is 0 Å². The first-order chi connectivity index (χ1) is 23.3. The molecule has 7 rings (SSSR count). The average Bonchev–Trinajstić information content (AvgIpc) is 3.55. The van der Waals surface area contributed by atoms with Crippen LogP contribution in [0, 0.1) is 6.92 Å². The average molecular weight is 675 g/mol. The maximum Gasteiger partial charge on any atom is 0.320 e. The number of ether oxygens (including phenoxy) is 1. The number of anilines is 2. The van der Waals surface area contributed by atoms with Crippen molar-refractivity contribution in [2.75, 3.05) is 82.3 Å². The number of H-pyrrole nitrogens is 2. The number of aromatic amines is 2. The van der Waals surface area contributed by atoms with E-state index in [2.05, 4.69) is 44.1 Å². The van der Waals surface area contributed by atoms with E-state index in [1.165, 1.54) is 0 Å². The minimum atomic E-state index is -0.811. The van der Waals surface area contributed by atoms with Crippen LogP contribution in [0.25, 0.3) is 22.4 Å². The Balaban J connectivity index is 0.997. The van der Waals surface area contributed by atoms with Gasteiger partial charge >= 0.3 is 6.03 Å². The van der Waals surface area contributed by atoms with Gasteiger partial charge in [0.1, 0.15) is 11.4 Å². The Morgan fingerprint density at radius 2 is 1.79 bits per heavy atom. The Kier molecular flexibility index (Phi) is 9.58. The van der Waals surface area contributed by atoms with Crippen molar-refractivity contribution in [1.29, 1.82) is 0 Å². The number of hydrogen-bond acceptors (Lipinski definition) is 8. The van der Waals surface area contributed by atoms with Crippen LogP contribution in [0.1, 0.15) is 30.1 Å². The Bertz CT molecular complexity index is 1810. The zero-order valence-electron chi connectivity index (χ0n) is 27.3. The summed E-state index contributed by atoms with van der Waals surface area (Å²) in [7, 11) is 0. The molecule has 4 N–H and O–H groups in total. The lowest BCUT2D eigenvalue weighted by Crippen LogP contribution is -2.57. The van der Waals surface area contributed by atoms with Gasteiger partial charge in [0.15, 0.2) is 0 Å². The Morgan fingerprint density at radius 1 is 1.04 bits per heavy atom. The summed E-state index contributed by atoms with van der Waals surface area (Å²) in [6, 6.07) is 13.9. The number of halogens is 1. The number of hydrogen-bond donors (Lipinski definition) is 4. The second-order valence-electron chi connectivity index (χ2n) is 12.9. The second-order valence-corrected chi connectivity index (χ2v) is 13.4. The van der Waals surface area contributed by atoms with Gasteiger partial charge in [-0.05, 0) is 61.2 Å². The number of piperazine rings is 1. The highest BCUT2D eigenvalue weighted by Crippen LogP contribution is 2.31. The number of aromatic nitrogens is 3. The fraction of sp³-hybridized carbons (Fsp3) is 0.457. The first-order valence-corrected chi connectivity index (χ1v) is 17.2. The van der Waals surface area contributed by atoms with Crippen molar-refractivity contribution in [2.24, 2.45) is 0 Å². The molecule has 1 atom stereocenters. The third-order valence-electron chi connectivity index (χ3n) is 9.89. The molecule has 4 aromatic rings. The Hall–Kier alpha value is -4.10. The molecule has 0 spiro atoms. The molecule has 0 saturated carbocycles. The zero-order valence-corrected chi connectivity index (χ0v) is 28.0. The van der Waals surface area contributed by atoms with E-state index < -0.39 is 6.10 Å². The van der Waals surface area contributed by atoms with Crippen LogP contribution in [0.3, 0.4) is 0 Å². The topological polar surface area (TPSA) is 133 Å². The zero-order chi connectivity index (χ0) is 33.2. The standard InChI is InChI=1S/C35H43ClN8O4/c1-23-19-27(41-9-6-26(7-10-41)42-11-13-43(14-12-42)35(47)44-15-17-48-18-16-44)21-29-32(23)40-33(39-29)31-28(5-8-37-34(31)46)38-22-30(45)24-3-2-4-25(36)20-24/h2-5,8,19-21,26,30,45H,6-7,9-18,22H2,1H3,(H,39,40)(H2,37,38,46)/t30-/m1/s1. The maximum absolute atomic E-state index is 13.1.